The van der Waals surface area contributed by atoms with E-state index in [9.17, 15) is 9.90 Å². The number of nitrogens with one attached hydrogen (secondary N) is 1. The third-order valence-corrected chi connectivity index (χ3v) is 7.46. The number of nitrogens with zero attached hydrogens (tertiary/aromatic N) is 4. The van der Waals surface area contributed by atoms with Crippen molar-refractivity contribution in [2.45, 2.75) is 63.8 Å². The van der Waals surface area contributed by atoms with E-state index in [4.69, 9.17) is 0 Å². The summed E-state index contributed by atoms with van der Waals surface area (Å²) in [5, 5.41) is 14.5. The summed E-state index contributed by atoms with van der Waals surface area (Å²) >= 11 is 0. The fourth-order valence-corrected chi connectivity index (χ4v) is 5.60. The maximum atomic E-state index is 12.9. The Bertz CT molecular complexity index is 966. The quantitative estimate of drug-likeness (QED) is 0.576. The summed E-state index contributed by atoms with van der Waals surface area (Å²) in [6, 6.07) is 6.28. The van der Waals surface area contributed by atoms with E-state index in [-0.39, 0.29) is 5.91 Å². The van der Waals surface area contributed by atoms with Crippen molar-refractivity contribution in [1.82, 2.24) is 10.2 Å². The summed E-state index contributed by atoms with van der Waals surface area (Å²) < 4.78 is 0. The molecule has 7 nitrogen and oxygen atoms in total. The smallest absolute Gasteiger partial charge is 0.251 e. The van der Waals surface area contributed by atoms with Crippen molar-refractivity contribution in [3.8, 4) is 0 Å². The van der Waals surface area contributed by atoms with Gasteiger partial charge in [0, 0.05) is 37.8 Å². The number of allylic oxidation sites excluding steroid dienone is 3. The fraction of sp³-hybridized carbons (Fsp3) is 0.556. The molecule has 0 aromatic heterocycles. The average molecular weight is 464 g/mol. The minimum Gasteiger partial charge on any atom is -0.361 e. The SMILES string of the molecule is O=C(NCCCN1C=NCC1)c1ccc2c(c1)N(CC1=CC=CCC1)C(O)N2C1CCCCC1. The Hall–Kier alpha value is -2.80. The highest BCUT2D eigenvalue weighted by Gasteiger charge is 2.39. The second-order valence-corrected chi connectivity index (χ2v) is 9.84. The van der Waals surface area contributed by atoms with Gasteiger partial charge in [0.05, 0.1) is 24.3 Å². The van der Waals surface area contributed by atoms with Crippen LogP contribution in [0.25, 0.3) is 0 Å². The number of fused-ring (bicyclic) bond motifs is 1. The first kappa shape index (κ1) is 23.0. The highest BCUT2D eigenvalue weighted by molar-refractivity contribution is 5.97. The molecule has 0 spiro atoms. The molecule has 1 fully saturated rings. The third-order valence-electron chi connectivity index (χ3n) is 7.46. The van der Waals surface area contributed by atoms with Gasteiger partial charge in [-0.2, -0.15) is 0 Å². The topological polar surface area (TPSA) is 71.4 Å². The number of anilines is 2. The van der Waals surface area contributed by atoms with Gasteiger partial charge in [0.1, 0.15) is 0 Å². The molecule has 2 N–H and O–H groups in total. The zero-order valence-electron chi connectivity index (χ0n) is 20.0. The van der Waals surface area contributed by atoms with Crippen molar-refractivity contribution in [3.63, 3.8) is 0 Å². The summed E-state index contributed by atoms with van der Waals surface area (Å²) in [6.07, 6.45) is 16.5. The molecular weight excluding hydrogens is 426 g/mol. The maximum Gasteiger partial charge on any atom is 0.251 e. The van der Waals surface area contributed by atoms with Gasteiger partial charge in [-0.1, -0.05) is 43.1 Å². The normalized spacial score (nSPS) is 22.3. The highest BCUT2D eigenvalue weighted by Crippen LogP contribution is 2.43. The van der Waals surface area contributed by atoms with Gasteiger partial charge in [-0.05, 0) is 50.3 Å². The lowest BCUT2D eigenvalue weighted by Crippen LogP contribution is -2.49. The number of carbonyl (C=O) groups excluding carboxylic acids is 1. The minimum absolute atomic E-state index is 0.0525. The van der Waals surface area contributed by atoms with Crippen LogP contribution in [0.1, 0.15) is 61.7 Å². The second-order valence-electron chi connectivity index (χ2n) is 9.84. The first-order valence-corrected chi connectivity index (χ1v) is 12.9. The molecule has 0 saturated heterocycles. The van der Waals surface area contributed by atoms with E-state index in [0.29, 0.717) is 24.7 Å². The molecule has 0 radical (unpaired) electrons. The Balaban J connectivity index is 1.31. The monoisotopic (exact) mass is 463 g/mol. The molecule has 4 aliphatic rings. The van der Waals surface area contributed by atoms with Gasteiger partial charge in [0.15, 0.2) is 0 Å². The molecule has 1 aromatic rings. The Morgan fingerprint density at radius 1 is 1.18 bits per heavy atom. The second kappa shape index (κ2) is 10.6. The van der Waals surface area contributed by atoms with E-state index in [2.05, 4.69) is 43.2 Å². The number of aliphatic hydroxyl groups excluding tert-OH is 1. The van der Waals surface area contributed by atoms with Crippen molar-refractivity contribution in [2.75, 3.05) is 42.5 Å². The Kier molecular flexibility index (Phi) is 7.19. The van der Waals surface area contributed by atoms with E-state index in [1.807, 2.05) is 24.5 Å². The molecule has 1 atom stereocenters. The van der Waals surface area contributed by atoms with Crippen molar-refractivity contribution < 1.29 is 9.90 Å². The lowest BCUT2D eigenvalue weighted by atomic mass is 9.94. The molecule has 2 aliphatic heterocycles. The Morgan fingerprint density at radius 3 is 2.82 bits per heavy atom. The summed E-state index contributed by atoms with van der Waals surface area (Å²) in [4.78, 5) is 23.6. The summed E-state index contributed by atoms with van der Waals surface area (Å²) in [6.45, 7) is 4.08. The number of hydrogen-bond acceptors (Lipinski definition) is 6. The maximum absolute atomic E-state index is 12.9. The molecule has 7 heteroatoms. The third kappa shape index (κ3) is 4.99. The van der Waals surface area contributed by atoms with Gasteiger partial charge in [-0.25, -0.2) is 0 Å². The lowest BCUT2D eigenvalue weighted by molar-refractivity contribution is 0.0952. The molecule has 2 aliphatic carbocycles. The number of hydrogen-bond donors (Lipinski definition) is 2. The van der Waals surface area contributed by atoms with Crippen molar-refractivity contribution in [3.05, 3.63) is 47.6 Å². The molecule has 182 valence electrons. The number of benzene rings is 1. The molecule has 0 bridgehead atoms. The number of rotatable bonds is 8. The molecule has 1 unspecified atom stereocenters. The van der Waals surface area contributed by atoms with Crippen LogP contribution in [-0.4, -0.2) is 67.4 Å². The zero-order chi connectivity index (χ0) is 23.3. The first-order chi connectivity index (χ1) is 16.7. The van der Waals surface area contributed by atoms with E-state index in [0.717, 1.165) is 63.1 Å². The van der Waals surface area contributed by atoms with Crippen LogP contribution < -0.4 is 15.1 Å². The van der Waals surface area contributed by atoms with Crippen LogP contribution >= 0.6 is 0 Å². The van der Waals surface area contributed by atoms with E-state index in [1.165, 1.54) is 24.8 Å². The Labute approximate surface area is 202 Å². The number of aliphatic hydroxyl groups is 1. The zero-order valence-corrected chi connectivity index (χ0v) is 20.0. The fourth-order valence-electron chi connectivity index (χ4n) is 5.60. The van der Waals surface area contributed by atoms with Crippen molar-refractivity contribution in [1.29, 1.82) is 0 Å². The number of carbonyl (C=O) groups is 1. The molecule has 1 saturated carbocycles. The highest BCUT2D eigenvalue weighted by atomic mass is 16.3. The largest absolute Gasteiger partial charge is 0.361 e. The van der Waals surface area contributed by atoms with Gasteiger partial charge >= 0.3 is 0 Å². The summed E-state index contributed by atoms with van der Waals surface area (Å²) in [7, 11) is 0. The van der Waals surface area contributed by atoms with Crippen LogP contribution in [-0.2, 0) is 0 Å². The molecule has 1 amide bonds. The van der Waals surface area contributed by atoms with Crippen molar-refractivity contribution in [2.24, 2.45) is 4.99 Å². The van der Waals surface area contributed by atoms with E-state index in [1.54, 1.807) is 0 Å². The standard InChI is InChI=1S/C27H37N5O2/c33-26(29-14-7-16-30-17-15-28-20-30)22-12-13-24-25(18-22)31(19-21-8-3-1-4-9-21)27(34)32(24)23-10-5-2-6-11-23/h1,3,8,12-13,18,20,23,27,34H,2,4-7,9-11,14-17,19H2,(H,29,33). The van der Waals surface area contributed by atoms with Crippen LogP contribution in [0, 0.1) is 0 Å². The summed E-state index contributed by atoms with van der Waals surface area (Å²) in [5.41, 5.74) is 3.99. The predicted molar refractivity (Wildman–Crippen MR) is 137 cm³/mol. The van der Waals surface area contributed by atoms with Gasteiger partial charge < -0.3 is 25.1 Å². The van der Waals surface area contributed by atoms with Crippen LogP contribution in [0.2, 0.25) is 0 Å². The van der Waals surface area contributed by atoms with Crippen LogP contribution in [0.15, 0.2) is 47.0 Å². The van der Waals surface area contributed by atoms with E-state index < -0.39 is 6.35 Å². The van der Waals surface area contributed by atoms with Gasteiger partial charge in [-0.15, -0.1) is 0 Å². The minimum atomic E-state index is -0.689. The van der Waals surface area contributed by atoms with Gasteiger partial charge in [0.25, 0.3) is 5.91 Å². The molecule has 1 aromatic carbocycles. The lowest BCUT2D eigenvalue weighted by Gasteiger charge is -2.37. The Morgan fingerprint density at radius 2 is 2.06 bits per heavy atom. The number of amides is 1. The average Bonchev–Trinajstić information content (AvgIpc) is 3.49. The molecule has 2 heterocycles. The van der Waals surface area contributed by atoms with Crippen LogP contribution in [0.5, 0.6) is 0 Å². The van der Waals surface area contributed by atoms with Gasteiger partial charge in [0.2, 0.25) is 6.35 Å². The van der Waals surface area contributed by atoms with Gasteiger partial charge in [-0.3, -0.25) is 9.79 Å². The molecular formula is C27H37N5O2. The van der Waals surface area contributed by atoms with Crippen LogP contribution in [0.4, 0.5) is 11.4 Å². The number of aliphatic imine (C=N–C) groups is 1. The molecule has 34 heavy (non-hydrogen) atoms. The van der Waals surface area contributed by atoms with Crippen LogP contribution in [0.3, 0.4) is 0 Å². The predicted octanol–water partition coefficient (Wildman–Crippen LogP) is 3.66. The van der Waals surface area contributed by atoms with Crippen molar-refractivity contribution >= 4 is 23.6 Å². The summed E-state index contributed by atoms with van der Waals surface area (Å²) in [5.74, 6) is -0.0525. The first-order valence-electron chi connectivity index (χ1n) is 12.9. The van der Waals surface area contributed by atoms with E-state index >= 15 is 0 Å². The molecule has 5 rings (SSSR count).